The molecule has 0 radical (unpaired) electrons. The number of unbranched alkanes of at least 4 members (excludes halogenated alkanes) is 6. The van der Waals surface area contributed by atoms with E-state index in [-0.39, 0.29) is 6.16 Å². The van der Waals surface area contributed by atoms with Gasteiger partial charge in [0, 0.05) is 13.3 Å². The van der Waals surface area contributed by atoms with Crippen LogP contribution in [-0.4, -0.2) is 18.2 Å². The van der Waals surface area contributed by atoms with E-state index in [1.807, 2.05) is 0 Å². The minimum atomic E-state index is -3.28. The molecule has 1 atom stereocenters. The van der Waals surface area contributed by atoms with E-state index in [9.17, 15) is 9.46 Å². The van der Waals surface area contributed by atoms with Crippen LogP contribution in [0.3, 0.4) is 0 Å². The summed E-state index contributed by atoms with van der Waals surface area (Å²) >= 11 is 0. The van der Waals surface area contributed by atoms with E-state index in [1.54, 1.807) is 0 Å². The molecule has 0 aromatic carbocycles. The highest BCUT2D eigenvalue weighted by Crippen LogP contribution is 2.41. The predicted octanol–water partition coefficient (Wildman–Crippen LogP) is 6.41. The maximum Gasteiger partial charge on any atom is 0.327 e. The van der Waals surface area contributed by atoms with Gasteiger partial charge in [0.1, 0.15) is 0 Å². The Morgan fingerprint density at radius 3 is 1.96 bits per heavy atom. The molecule has 0 amide bonds. The molecule has 0 saturated heterocycles. The second-order valence-corrected chi connectivity index (χ2v) is 7.83. The average molecular weight is 342 g/mol. The van der Waals surface area contributed by atoms with Crippen molar-refractivity contribution in [3.8, 4) is 0 Å². The summed E-state index contributed by atoms with van der Waals surface area (Å²) < 4.78 is 15.8. The molecule has 0 aliphatic heterocycles. The molecule has 0 bridgehead atoms. The van der Waals surface area contributed by atoms with Gasteiger partial charge in [-0.05, 0) is 38.5 Å². The minimum absolute atomic E-state index is 0.286. The lowest BCUT2D eigenvalue weighted by atomic mass is 10.1. The third-order valence-electron chi connectivity index (χ3n) is 3.63. The van der Waals surface area contributed by atoms with Crippen molar-refractivity contribution < 1.29 is 14.0 Å². The van der Waals surface area contributed by atoms with Crippen LogP contribution < -0.4 is 0 Å². The lowest BCUT2D eigenvalue weighted by Crippen LogP contribution is -1.91. The number of hydrogen-bond donors (Lipinski definition) is 1. The molecule has 0 aliphatic carbocycles. The lowest BCUT2D eigenvalue weighted by molar-refractivity contribution is 0.314. The van der Waals surface area contributed by atoms with Crippen molar-refractivity contribution in [3.05, 3.63) is 36.5 Å². The maximum absolute atomic E-state index is 11.2. The highest BCUT2D eigenvalue weighted by Gasteiger charge is 2.15. The lowest BCUT2D eigenvalue weighted by Gasteiger charge is -2.07. The van der Waals surface area contributed by atoms with Gasteiger partial charge in [-0.25, -0.2) is 0 Å². The molecule has 0 heterocycles. The van der Waals surface area contributed by atoms with Crippen molar-refractivity contribution >= 4 is 7.60 Å². The van der Waals surface area contributed by atoms with Crippen LogP contribution in [0.15, 0.2) is 36.5 Å². The van der Waals surface area contributed by atoms with Crippen LogP contribution in [-0.2, 0) is 9.09 Å². The Kier molecular flexibility index (Phi) is 15.8. The van der Waals surface area contributed by atoms with Gasteiger partial charge in [0.15, 0.2) is 0 Å². The summed E-state index contributed by atoms with van der Waals surface area (Å²) in [5.74, 6) is 0. The standard InChI is InChI=1S/C19H35O3P/c1-3-4-5-6-7-8-9-10-11-12-13-14-15-16-17-18-19-23(20,21)22-2/h4-5,7-8,10-11H,3,6,9,12-19H2,1-2H3,(H,20,21)/b5-4-,8-7-,11-10-. The first-order chi connectivity index (χ1) is 11.1. The largest absolute Gasteiger partial charge is 0.327 e. The fraction of sp³-hybridized carbons (Fsp3) is 0.684. The Balaban J connectivity index is 3.31. The summed E-state index contributed by atoms with van der Waals surface area (Å²) in [6.07, 6.45) is 24.6. The van der Waals surface area contributed by atoms with Crippen LogP contribution >= 0.6 is 7.60 Å². The Bertz CT molecular complexity index is 386. The van der Waals surface area contributed by atoms with E-state index in [2.05, 4.69) is 47.9 Å². The Hall–Kier alpha value is -0.630. The third kappa shape index (κ3) is 17.6. The van der Waals surface area contributed by atoms with Crippen LogP contribution in [0, 0.1) is 0 Å². The van der Waals surface area contributed by atoms with Crippen LogP contribution in [0.5, 0.6) is 0 Å². The molecule has 3 nitrogen and oxygen atoms in total. The van der Waals surface area contributed by atoms with Crippen molar-refractivity contribution in [1.82, 2.24) is 0 Å². The summed E-state index contributed by atoms with van der Waals surface area (Å²) in [5, 5.41) is 0. The third-order valence-corrected chi connectivity index (χ3v) is 5.08. The van der Waals surface area contributed by atoms with Gasteiger partial charge in [-0.2, -0.15) is 0 Å². The summed E-state index contributed by atoms with van der Waals surface area (Å²) in [5.41, 5.74) is 0. The zero-order valence-corrected chi connectivity index (χ0v) is 15.8. The van der Waals surface area contributed by atoms with Crippen molar-refractivity contribution in [2.75, 3.05) is 13.3 Å². The number of rotatable bonds is 15. The second-order valence-electron chi connectivity index (χ2n) is 5.75. The van der Waals surface area contributed by atoms with E-state index in [0.29, 0.717) is 0 Å². The minimum Gasteiger partial charge on any atom is -0.324 e. The fourth-order valence-corrected chi connectivity index (χ4v) is 3.00. The van der Waals surface area contributed by atoms with Crippen molar-refractivity contribution in [3.63, 3.8) is 0 Å². The molecule has 0 spiro atoms. The van der Waals surface area contributed by atoms with E-state index >= 15 is 0 Å². The highest BCUT2D eigenvalue weighted by molar-refractivity contribution is 7.52. The van der Waals surface area contributed by atoms with Crippen LogP contribution in [0.2, 0.25) is 0 Å². The van der Waals surface area contributed by atoms with Gasteiger partial charge < -0.3 is 9.42 Å². The Morgan fingerprint density at radius 1 is 0.826 bits per heavy atom. The quantitative estimate of drug-likeness (QED) is 0.212. The van der Waals surface area contributed by atoms with E-state index < -0.39 is 7.60 Å². The van der Waals surface area contributed by atoms with Crippen molar-refractivity contribution in [2.24, 2.45) is 0 Å². The second kappa shape index (κ2) is 16.2. The molecule has 0 aromatic heterocycles. The molecule has 0 aliphatic rings. The van der Waals surface area contributed by atoms with Gasteiger partial charge in [-0.15, -0.1) is 0 Å². The van der Waals surface area contributed by atoms with Gasteiger partial charge in [0.05, 0.1) is 0 Å². The monoisotopic (exact) mass is 342 g/mol. The van der Waals surface area contributed by atoms with Crippen LogP contribution in [0.4, 0.5) is 0 Å². The van der Waals surface area contributed by atoms with Gasteiger partial charge in [0.25, 0.3) is 0 Å². The summed E-state index contributed by atoms with van der Waals surface area (Å²) in [4.78, 5) is 9.26. The molecular formula is C19H35O3P. The molecule has 0 saturated carbocycles. The fourth-order valence-electron chi connectivity index (χ4n) is 2.20. The predicted molar refractivity (Wildman–Crippen MR) is 101 cm³/mol. The zero-order chi connectivity index (χ0) is 17.2. The van der Waals surface area contributed by atoms with E-state index in [1.165, 1.54) is 26.4 Å². The summed E-state index contributed by atoms with van der Waals surface area (Å²) in [6, 6.07) is 0. The summed E-state index contributed by atoms with van der Waals surface area (Å²) in [6.45, 7) is 2.15. The highest BCUT2D eigenvalue weighted by atomic mass is 31.2. The maximum atomic E-state index is 11.2. The molecule has 1 N–H and O–H groups in total. The van der Waals surface area contributed by atoms with Crippen molar-refractivity contribution in [1.29, 1.82) is 0 Å². The zero-order valence-electron chi connectivity index (χ0n) is 15.0. The molecule has 134 valence electrons. The molecule has 0 rings (SSSR count). The number of allylic oxidation sites excluding steroid dienone is 6. The number of hydrogen-bond acceptors (Lipinski definition) is 2. The molecule has 0 fully saturated rings. The van der Waals surface area contributed by atoms with Crippen LogP contribution in [0.1, 0.15) is 71.1 Å². The van der Waals surface area contributed by atoms with E-state index in [4.69, 9.17) is 0 Å². The molecule has 0 aromatic rings. The topological polar surface area (TPSA) is 46.5 Å². The SMILES string of the molecule is CC/C=C\C/C=C\C/C=C\CCCCCCCCP(=O)(O)OC. The van der Waals surface area contributed by atoms with Gasteiger partial charge in [0.2, 0.25) is 0 Å². The average Bonchev–Trinajstić information content (AvgIpc) is 2.54. The van der Waals surface area contributed by atoms with Gasteiger partial charge in [-0.3, -0.25) is 4.57 Å². The molecule has 1 unspecified atom stereocenters. The molecular weight excluding hydrogens is 307 g/mol. The first-order valence-electron chi connectivity index (χ1n) is 8.95. The van der Waals surface area contributed by atoms with Gasteiger partial charge in [-0.1, -0.05) is 69.1 Å². The smallest absolute Gasteiger partial charge is 0.324 e. The Labute approximate surface area is 143 Å². The first-order valence-corrected chi connectivity index (χ1v) is 10.7. The summed E-state index contributed by atoms with van der Waals surface area (Å²) in [7, 11) is -1.98. The van der Waals surface area contributed by atoms with E-state index in [0.717, 1.165) is 44.9 Å². The molecule has 4 heteroatoms. The van der Waals surface area contributed by atoms with Crippen LogP contribution in [0.25, 0.3) is 0 Å². The van der Waals surface area contributed by atoms with Crippen molar-refractivity contribution in [2.45, 2.75) is 71.1 Å². The first kappa shape index (κ1) is 22.4. The molecule has 23 heavy (non-hydrogen) atoms. The normalized spacial score (nSPS) is 15.1. The Morgan fingerprint density at radius 2 is 1.35 bits per heavy atom. The van der Waals surface area contributed by atoms with Gasteiger partial charge >= 0.3 is 7.60 Å².